The molecule has 0 saturated carbocycles. The summed E-state index contributed by atoms with van der Waals surface area (Å²) < 4.78 is 6.83. The fourth-order valence-electron chi connectivity index (χ4n) is 6.95. The van der Waals surface area contributed by atoms with E-state index in [9.17, 15) is 0 Å². The van der Waals surface area contributed by atoms with Gasteiger partial charge in [-0.1, -0.05) is 140 Å². The van der Waals surface area contributed by atoms with Crippen LogP contribution < -0.4 is 0 Å². The summed E-state index contributed by atoms with van der Waals surface area (Å²) in [5.74, 6) is 0. The van der Waals surface area contributed by atoms with Crippen LogP contribution in [0.4, 0.5) is 0 Å². The van der Waals surface area contributed by atoms with Gasteiger partial charge < -0.3 is 4.42 Å². The number of furan rings is 1. The van der Waals surface area contributed by atoms with Crippen LogP contribution in [0.15, 0.2) is 162 Å². The van der Waals surface area contributed by atoms with Gasteiger partial charge in [0.25, 0.3) is 0 Å². The van der Waals surface area contributed by atoms with Gasteiger partial charge in [-0.05, 0) is 78.3 Å². The summed E-state index contributed by atoms with van der Waals surface area (Å²) in [4.78, 5) is 0. The maximum atomic E-state index is 6.83. The lowest BCUT2D eigenvalue weighted by atomic mass is 9.84. The van der Waals surface area contributed by atoms with Crippen molar-refractivity contribution < 1.29 is 4.42 Å². The average molecular weight is 547 g/mol. The third-order valence-corrected chi connectivity index (χ3v) is 8.84. The molecule has 200 valence electrons. The normalized spacial score (nSPS) is 11.7. The summed E-state index contributed by atoms with van der Waals surface area (Å²) in [6.45, 7) is 0. The minimum absolute atomic E-state index is 0.910. The standard InChI is InChI=1S/C42H26O/c1-3-13-27(14-4-1)31-23-24-36(41-37-25-29-17-7-8-18-30(29)26-38(37)43-42(31)41)40-34-21-11-9-19-32(34)39(28-15-5-2-6-16-28)33-20-10-12-22-35(33)40/h1-26H. The summed E-state index contributed by atoms with van der Waals surface area (Å²) in [6.07, 6.45) is 0. The molecule has 9 aromatic rings. The Morgan fingerprint density at radius 3 is 1.47 bits per heavy atom. The molecule has 0 bridgehead atoms. The van der Waals surface area contributed by atoms with Crippen LogP contribution in [0, 0.1) is 0 Å². The van der Waals surface area contributed by atoms with Gasteiger partial charge in [-0.3, -0.25) is 0 Å². The average Bonchev–Trinajstić information content (AvgIpc) is 3.45. The Bertz CT molecular complexity index is 2430. The Labute approximate surface area is 249 Å². The molecule has 0 atom stereocenters. The lowest BCUT2D eigenvalue weighted by molar-refractivity contribution is 0.670. The maximum absolute atomic E-state index is 6.83. The van der Waals surface area contributed by atoms with Crippen LogP contribution in [-0.4, -0.2) is 0 Å². The van der Waals surface area contributed by atoms with E-state index in [1.54, 1.807) is 0 Å². The molecular formula is C42H26O. The molecule has 9 rings (SSSR count). The minimum Gasteiger partial charge on any atom is -0.455 e. The molecular weight excluding hydrogens is 520 g/mol. The molecule has 1 heterocycles. The van der Waals surface area contributed by atoms with Crippen molar-refractivity contribution >= 4 is 54.3 Å². The van der Waals surface area contributed by atoms with Crippen LogP contribution in [0.1, 0.15) is 0 Å². The second-order valence-electron chi connectivity index (χ2n) is 11.2. The van der Waals surface area contributed by atoms with E-state index in [-0.39, 0.29) is 0 Å². The molecule has 0 radical (unpaired) electrons. The summed E-state index contributed by atoms with van der Waals surface area (Å²) in [6, 6.07) is 56.6. The van der Waals surface area contributed by atoms with Crippen molar-refractivity contribution in [3.63, 3.8) is 0 Å². The van der Waals surface area contributed by atoms with Gasteiger partial charge in [-0.15, -0.1) is 0 Å². The molecule has 0 saturated heterocycles. The first-order valence-corrected chi connectivity index (χ1v) is 14.8. The first kappa shape index (κ1) is 24.0. The monoisotopic (exact) mass is 546 g/mol. The van der Waals surface area contributed by atoms with Crippen LogP contribution >= 0.6 is 0 Å². The lowest BCUT2D eigenvalue weighted by Crippen LogP contribution is -1.91. The predicted octanol–water partition coefficient (Wildman–Crippen LogP) is 12.0. The van der Waals surface area contributed by atoms with E-state index in [4.69, 9.17) is 4.42 Å². The summed E-state index contributed by atoms with van der Waals surface area (Å²) in [5.41, 5.74) is 9.03. The molecule has 0 N–H and O–H groups in total. The third kappa shape index (κ3) is 3.65. The maximum Gasteiger partial charge on any atom is 0.143 e. The predicted molar refractivity (Wildman–Crippen MR) is 183 cm³/mol. The van der Waals surface area contributed by atoms with Crippen molar-refractivity contribution in [1.82, 2.24) is 0 Å². The van der Waals surface area contributed by atoms with E-state index in [1.165, 1.54) is 54.6 Å². The van der Waals surface area contributed by atoms with Gasteiger partial charge in [-0.25, -0.2) is 0 Å². The number of rotatable bonds is 3. The zero-order valence-electron chi connectivity index (χ0n) is 23.4. The number of hydrogen-bond acceptors (Lipinski definition) is 1. The molecule has 0 spiro atoms. The minimum atomic E-state index is 0.910. The van der Waals surface area contributed by atoms with Crippen molar-refractivity contribution in [2.45, 2.75) is 0 Å². The molecule has 0 amide bonds. The van der Waals surface area contributed by atoms with Crippen molar-refractivity contribution in [3.8, 4) is 33.4 Å². The Hall–Kier alpha value is -5.66. The largest absolute Gasteiger partial charge is 0.455 e. The van der Waals surface area contributed by atoms with Gasteiger partial charge >= 0.3 is 0 Å². The summed E-state index contributed by atoms with van der Waals surface area (Å²) in [7, 11) is 0. The Morgan fingerprint density at radius 2 is 0.837 bits per heavy atom. The molecule has 0 fully saturated rings. The molecule has 0 aliphatic heterocycles. The van der Waals surface area contributed by atoms with Gasteiger partial charge in [0.15, 0.2) is 0 Å². The van der Waals surface area contributed by atoms with Crippen LogP contribution in [0.25, 0.3) is 87.6 Å². The second-order valence-corrected chi connectivity index (χ2v) is 11.2. The molecule has 1 heteroatoms. The van der Waals surface area contributed by atoms with Gasteiger partial charge in [0.05, 0.1) is 0 Å². The molecule has 43 heavy (non-hydrogen) atoms. The van der Waals surface area contributed by atoms with Crippen molar-refractivity contribution in [2.75, 3.05) is 0 Å². The quantitative estimate of drug-likeness (QED) is 0.201. The smallest absolute Gasteiger partial charge is 0.143 e. The van der Waals surface area contributed by atoms with Crippen LogP contribution in [0.5, 0.6) is 0 Å². The highest BCUT2D eigenvalue weighted by atomic mass is 16.3. The zero-order chi connectivity index (χ0) is 28.3. The Kier molecular flexibility index (Phi) is 5.27. The van der Waals surface area contributed by atoms with Crippen molar-refractivity contribution in [2.24, 2.45) is 0 Å². The van der Waals surface area contributed by atoms with Gasteiger partial charge in [0.2, 0.25) is 0 Å². The van der Waals surface area contributed by atoms with Gasteiger partial charge in [0.1, 0.15) is 11.2 Å². The Balaban J connectivity index is 1.48. The van der Waals surface area contributed by atoms with E-state index < -0.39 is 0 Å². The van der Waals surface area contributed by atoms with E-state index in [2.05, 4.69) is 158 Å². The van der Waals surface area contributed by atoms with Crippen LogP contribution in [-0.2, 0) is 0 Å². The second kappa shape index (κ2) is 9.44. The third-order valence-electron chi connectivity index (χ3n) is 8.84. The van der Waals surface area contributed by atoms with Crippen molar-refractivity contribution in [1.29, 1.82) is 0 Å². The highest BCUT2D eigenvalue weighted by molar-refractivity contribution is 6.27. The van der Waals surface area contributed by atoms with Crippen LogP contribution in [0.3, 0.4) is 0 Å². The highest BCUT2D eigenvalue weighted by Crippen LogP contribution is 2.48. The fraction of sp³-hybridized carbons (Fsp3) is 0. The molecule has 1 nitrogen and oxygen atoms in total. The Morgan fingerprint density at radius 1 is 0.349 bits per heavy atom. The fourth-order valence-corrected chi connectivity index (χ4v) is 6.95. The van der Waals surface area contributed by atoms with Gasteiger partial charge in [0, 0.05) is 16.3 Å². The molecule has 0 aliphatic rings. The molecule has 0 unspecified atom stereocenters. The first-order chi connectivity index (χ1) is 21.3. The van der Waals surface area contributed by atoms with E-state index in [0.717, 1.165) is 33.1 Å². The molecule has 1 aromatic heterocycles. The molecule has 8 aromatic carbocycles. The van der Waals surface area contributed by atoms with Crippen molar-refractivity contribution in [3.05, 3.63) is 158 Å². The van der Waals surface area contributed by atoms with E-state index >= 15 is 0 Å². The number of benzene rings is 8. The summed E-state index contributed by atoms with van der Waals surface area (Å²) in [5, 5.41) is 9.67. The van der Waals surface area contributed by atoms with Gasteiger partial charge in [-0.2, -0.15) is 0 Å². The first-order valence-electron chi connectivity index (χ1n) is 14.8. The van der Waals surface area contributed by atoms with E-state index in [0.29, 0.717) is 0 Å². The topological polar surface area (TPSA) is 13.1 Å². The zero-order valence-corrected chi connectivity index (χ0v) is 23.4. The van der Waals surface area contributed by atoms with Crippen LogP contribution in [0.2, 0.25) is 0 Å². The molecule has 0 aliphatic carbocycles. The van der Waals surface area contributed by atoms with E-state index in [1.807, 2.05) is 0 Å². The lowest BCUT2D eigenvalue weighted by Gasteiger charge is -2.18. The highest BCUT2D eigenvalue weighted by Gasteiger charge is 2.22. The number of hydrogen-bond donors (Lipinski definition) is 0. The SMILES string of the molecule is c1ccc(-c2c3ccccc3c(-c3ccc(-c4ccccc4)c4oc5cc6ccccc6cc5c34)c3ccccc23)cc1. The summed E-state index contributed by atoms with van der Waals surface area (Å²) >= 11 is 0. The number of fused-ring (bicyclic) bond motifs is 6.